The molecule has 1 heterocycles. The Kier molecular flexibility index (Phi) is 3.52. The molecule has 2 aromatic carbocycles. The molecular formula is C17H15FN2O. The molecule has 0 unspecified atom stereocenters. The molecule has 0 fully saturated rings. The lowest BCUT2D eigenvalue weighted by Crippen LogP contribution is -2.39. The fraction of sp³-hybridized carbons (Fsp3) is 0.176. The monoisotopic (exact) mass is 282 g/mol. The van der Waals surface area contributed by atoms with Crippen LogP contribution in [0.15, 0.2) is 53.5 Å². The predicted molar refractivity (Wildman–Crippen MR) is 80.0 cm³/mol. The fourth-order valence-corrected chi connectivity index (χ4v) is 2.87. The number of urea groups is 1. The highest BCUT2D eigenvalue weighted by molar-refractivity contribution is 5.80. The van der Waals surface area contributed by atoms with Crippen molar-refractivity contribution in [1.82, 2.24) is 4.90 Å². The van der Waals surface area contributed by atoms with Crippen LogP contribution in [0.4, 0.5) is 9.18 Å². The first-order chi connectivity index (χ1) is 10.2. The number of amides is 2. The molecule has 0 bridgehead atoms. The first-order valence-corrected chi connectivity index (χ1v) is 6.81. The van der Waals surface area contributed by atoms with Crippen LogP contribution in [-0.2, 0) is 6.42 Å². The van der Waals surface area contributed by atoms with E-state index in [1.54, 1.807) is 17.0 Å². The van der Waals surface area contributed by atoms with Gasteiger partial charge in [0.2, 0.25) is 0 Å². The molecule has 106 valence electrons. The molecule has 0 spiro atoms. The zero-order chi connectivity index (χ0) is 14.8. The van der Waals surface area contributed by atoms with Crippen molar-refractivity contribution in [2.75, 3.05) is 6.54 Å². The molecule has 3 nitrogen and oxygen atoms in total. The maximum atomic E-state index is 13.2. The number of carbonyl (C=O) groups excluding carboxylic acids is 1. The zero-order valence-electron chi connectivity index (χ0n) is 11.5. The highest BCUT2D eigenvalue weighted by atomic mass is 19.1. The summed E-state index contributed by atoms with van der Waals surface area (Å²) in [5.74, 6) is -0.289. The summed E-state index contributed by atoms with van der Waals surface area (Å²) in [6.07, 6.45) is 0.787. The van der Waals surface area contributed by atoms with Gasteiger partial charge in [0.05, 0.1) is 6.04 Å². The van der Waals surface area contributed by atoms with Gasteiger partial charge in [0.1, 0.15) is 5.82 Å². The average Bonchev–Trinajstić information content (AvgIpc) is 2.54. The van der Waals surface area contributed by atoms with Crippen LogP contribution >= 0.6 is 0 Å². The number of rotatable bonds is 1. The van der Waals surface area contributed by atoms with Crippen molar-refractivity contribution < 1.29 is 9.18 Å². The summed E-state index contributed by atoms with van der Waals surface area (Å²) in [5.41, 5.74) is 3.15. The molecule has 2 aromatic rings. The van der Waals surface area contributed by atoms with Gasteiger partial charge >= 0.3 is 6.03 Å². The van der Waals surface area contributed by atoms with Gasteiger partial charge in [0.25, 0.3) is 0 Å². The van der Waals surface area contributed by atoms with Crippen molar-refractivity contribution in [2.24, 2.45) is 4.99 Å². The second-order valence-electron chi connectivity index (χ2n) is 5.04. The number of carbonyl (C=O) groups is 1. The summed E-state index contributed by atoms with van der Waals surface area (Å²) < 4.78 is 13.2. The SMILES string of the molecule is C=NC(=O)N1CCc2ccccc2[C@@H]1c1ccc(F)cc1. The largest absolute Gasteiger partial charge is 0.343 e. The van der Waals surface area contributed by atoms with Crippen LogP contribution in [0.2, 0.25) is 0 Å². The van der Waals surface area contributed by atoms with Crippen molar-refractivity contribution >= 4 is 12.7 Å². The Bertz CT molecular complexity index is 681. The summed E-state index contributed by atoms with van der Waals surface area (Å²) >= 11 is 0. The normalized spacial score (nSPS) is 17.2. The standard InChI is InChI=1S/C17H15FN2O/c1-19-17(21)20-11-10-12-4-2-3-5-15(12)16(20)13-6-8-14(18)9-7-13/h2-9,16H,1,10-11H2/t16-/m0/s1. The van der Waals surface area contributed by atoms with Crippen molar-refractivity contribution in [3.8, 4) is 0 Å². The molecule has 0 aromatic heterocycles. The van der Waals surface area contributed by atoms with E-state index < -0.39 is 0 Å². The number of hydrogen-bond donors (Lipinski definition) is 0. The average molecular weight is 282 g/mol. The minimum Gasteiger partial charge on any atom is -0.311 e. The molecule has 0 saturated heterocycles. The number of aliphatic imine (C=N–C) groups is 1. The van der Waals surface area contributed by atoms with Gasteiger partial charge in [0.15, 0.2) is 0 Å². The lowest BCUT2D eigenvalue weighted by molar-refractivity contribution is 0.190. The maximum absolute atomic E-state index is 13.2. The summed E-state index contributed by atoms with van der Waals surface area (Å²) in [4.78, 5) is 17.3. The first kappa shape index (κ1) is 13.5. The molecule has 1 aliphatic rings. The van der Waals surface area contributed by atoms with Gasteiger partial charge in [-0.05, 0) is 42.0 Å². The van der Waals surface area contributed by atoms with Crippen LogP contribution < -0.4 is 0 Å². The Balaban J connectivity index is 2.11. The summed E-state index contributed by atoms with van der Waals surface area (Å²) in [6, 6.07) is 13.7. The third-order valence-corrected chi connectivity index (χ3v) is 3.85. The quantitative estimate of drug-likeness (QED) is 0.736. The molecule has 0 saturated carbocycles. The summed E-state index contributed by atoms with van der Waals surface area (Å²) in [5, 5.41) is 0. The second kappa shape index (κ2) is 5.48. The topological polar surface area (TPSA) is 32.7 Å². The molecule has 1 atom stereocenters. The van der Waals surface area contributed by atoms with E-state index in [4.69, 9.17) is 0 Å². The van der Waals surface area contributed by atoms with Gasteiger partial charge in [-0.25, -0.2) is 14.2 Å². The highest BCUT2D eigenvalue weighted by Gasteiger charge is 2.31. The van der Waals surface area contributed by atoms with Gasteiger partial charge in [-0.2, -0.15) is 0 Å². The molecule has 0 N–H and O–H groups in total. The van der Waals surface area contributed by atoms with E-state index in [0.29, 0.717) is 6.54 Å². The molecule has 1 aliphatic heterocycles. The molecule has 21 heavy (non-hydrogen) atoms. The zero-order valence-corrected chi connectivity index (χ0v) is 11.5. The van der Waals surface area contributed by atoms with E-state index >= 15 is 0 Å². The van der Waals surface area contributed by atoms with E-state index in [2.05, 4.69) is 17.8 Å². The Labute approximate surface area is 122 Å². The van der Waals surface area contributed by atoms with Crippen molar-refractivity contribution in [3.05, 3.63) is 71.0 Å². The van der Waals surface area contributed by atoms with Crippen LogP contribution in [0.5, 0.6) is 0 Å². The van der Waals surface area contributed by atoms with E-state index in [1.807, 2.05) is 18.2 Å². The summed E-state index contributed by atoms with van der Waals surface area (Å²) in [6.45, 7) is 3.91. The minimum atomic E-state index is -0.348. The second-order valence-corrected chi connectivity index (χ2v) is 5.04. The number of fused-ring (bicyclic) bond motifs is 1. The van der Waals surface area contributed by atoms with E-state index in [0.717, 1.165) is 17.5 Å². The van der Waals surface area contributed by atoms with E-state index in [1.165, 1.54) is 17.7 Å². The van der Waals surface area contributed by atoms with Gasteiger partial charge < -0.3 is 4.90 Å². The lowest BCUT2D eigenvalue weighted by atomic mass is 9.88. The van der Waals surface area contributed by atoms with Gasteiger partial charge in [0, 0.05) is 6.54 Å². The Morgan fingerprint density at radius 1 is 1.19 bits per heavy atom. The number of benzene rings is 2. The smallest absolute Gasteiger partial charge is 0.311 e. The van der Waals surface area contributed by atoms with E-state index in [-0.39, 0.29) is 17.9 Å². The highest BCUT2D eigenvalue weighted by Crippen LogP contribution is 2.35. The number of nitrogens with zero attached hydrogens (tertiary/aromatic N) is 2. The third kappa shape index (κ3) is 2.44. The Morgan fingerprint density at radius 2 is 1.90 bits per heavy atom. The lowest BCUT2D eigenvalue weighted by Gasteiger charge is -2.36. The van der Waals surface area contributed by atoms with Crippen LogP contribution in [-0.4, -0.2) is 24.2 Å². The van der Waals surface area contributed by atoms with Crippen molar-refractivity contribution in [3.63, 3.8) is 0 Å². The Hall–Kier alpha value is -2.49. The van der Waals surface area contributed by atoms with Crippen LogP contribution in [0, 0.1) is 5.82 Å². The molecular weight excluding hydrogens is 267 g/mol. The van der Waals surface area contributed by atoms with Crippen molar-refractivity contribution in [2.45, 2.75) is 12.5 Å². The van der Waals surface area contributed by atoms with Gasteiger partial charge in [-0.1, -0.05) is 36.4 Å². The van der Waals surface area contributed by atoms with Gasteiger partial charge in [-0.3, -0.25) is 0 Å². The number of halogens is 1. The van der Waals surface area contributed by atoms with Gasteiger partial charge in [-0.15, -0.1) is 0 Å². The molecule has 4 heteroatoms. The minimum absolute atomic E-state index is 0.242. The molecule has 0 radical (unpaired) electrons. The first-order valence-electron chi connectivity index (χ1n) is 6.81. The van der Waals surface area contributed by atoms with Crippen molar-refractivity contribution in [1.29, 1.82) is 0 Å². The molecule has 2 amide bonds. The van der Waals surface area contributed by atoms with E-state index in [9.17, 15) is 9.18 Å². The molecule has 3 rings (SSSR count). The van der Waals surface area contributed by atoms with Crippen LogP contribution in [0.3, 0.4) is 0 Å². The Morgan fingerprint density at radius 3 is 2.62 bits per heavy atom. The predicted octanol–water partition coefficient (Wildman–Crippen LogP) is 3.59. The molecule has 0 aliphatic carbocycles. The van der Waals surface area contributed by atoms with Crippen LogP contribution in [0.25, 0.3) is 0 Å². The summed E-state index contributed by atoms with van der Waals surface area (Å²) in [7, 11) is 0. The maximum Gasteiger partial charge on any atom is 0.343 e. The number of hydrogen-bond acceptors (Lipinski definition) is 1. The fourth-order valence-electron chi connectivity index (χ4n) is 2.87. The third-order valence-electron chi connectivity index (χ3n) is 3.85. The van der Waals surface area contributed by atoms with Crippen LogP contribution in [0.1, 0.15) is 22.7 Å².